The number of hydrogen-bond donors (Lipinski definition) is 1. The van der Waals surface area contributed by atoms with Crippen molar-refractivity contribution in [3.8, 4) is 5.75 Å². The highest BCUT2D eigenvalue weighted by molar-refractivity contribution is 6.43. The molecular formula is C26H33Cl2N3O5. The molecule has 2 aromatic carbocycles. The topological polar surface area (TPSA) is 74.7 Å². The molecule has 0 radical (unpaired) electrons. The lowest BCUT2D eigenvalue weighted by Gasteiger charge is -2.36. The summed E-state index contributed by atoms with van der Waals surface area (Å²) in [6.45, 7) is 3.98. The first-order valence-electron chi connectivity index (χ1n) is 12.3. The van der Waals surface area contributed by atoms with Crippen LogP contribution in [0.3, 0.4) is 0 Å². The number of rotatable bonds is 11. The zero-order valence-corrected chi connectivity index (χ0v) is 22.0. The summed E-state index contributed by atoms with van der Waals surface area (Å²) in [6, 6.07) is 11.6. The number of carbonyl (C=O) groups is 1. The van der Waals surface area contributed by atoms with Crippen LogP contribution in [-0.4, -0.2) is 75.6 Å². The quantitative estimate of drug-likeness (QED) is 0.341. The number of benzene rings is 2. The van der Waals surface area contributed by atoms with Crippen molar-refractivity contribution in [2.45, 2.75) is 32.2 Å². The predicted molar refractivity (Wildman–Crippen MR) is 141 cm³/mol. The molecule has 4 rings (SSSR count). The summed E-state index contributed by atoms with van der Waals surface area (Å²) in [5.74, 6) is 0.661. The Morgan fingerprint density at radius 3 is 2.61 bits per heavy atom. The number of ether oxygens (including phenoxy) is 3. The molecule has 0 spiro atoms. The maximum absolute atomic E-state index is 12.4. The molecule has 2 aliphatic rings. The third kappa shape index (κ3) is 6.82. The number of carbonyl (C=O) groups excluding carboxylic acids is 1. The van der Waals surface area contributed by atoms with Gasteiger partial charge < -0.3 is 24.2 Å². The molecule has 0 bridgehead atoms. The number of aliphatic hydroxyl groups is 1. The van der Waals surface area contributed by atoms with Gasteiger partial charge in [0.25, 0.3) is 6.48 Å². The number of piperazine rings is 1. The summed E-state index contributed by atoms with van der Waals surface area (Å²) >= 11 is 12.5. The number of fused-ring (bicyclic) bond motifs is 1. The fourth-order valence-corrected chi connectivity index (χ4v) is 4.95. The van der Waals surface area contributed by atoms with Crippen LogP contribution in [0.2, 0.25) is 10.0 Å². The third-order valence-electron chi connectivity index (χ3n) is 6.59. The molecule has 1 atom stereocenters. The van der Waals surface area contributed by atoms with E-state index >= 15 is 0 Å². The lowest BCUT2D eigenvalue weighted by atomic mass is 10.0. The van der Waals surface area contributed by atoms with E-state index in [-0.39, 0.29) is 12.6 Å². The molecule has 2 aromatic rings. The highest BCUT2D eigenvalue weighted by Gasteiger charge is 2.25. The average Bonchev–Trinajstić information content (AvgIpc) is 2.89. The van der Waals surface area contributed by atoms with Gasteiger partial charge in [-0.1, -0.05) is 35.3 Å². The van der Waals surface area contributed by atoms with E-state index in [9.17, 15) is 9.90 Å². The minimum absolute atomic E-state index is 0.0549. The Hall–Kier alpha value is -2.07. The second kappa shape index (κ2) is 12.9. The lowest BCUT2D eigenvalue weighted by Crippen LogP contribution is -2.46. The first-order valence-corrected chi connectivity index (χ1v) is 13.0. The summed E-state index contributed by atoms with van der Waals surface area (Å²) in [5.41, 5.74) is 2.81. The molecule has 2 aliphatic heterocycles. The van der Waals surface area contributed by atoms with Gasteiger partial charge in [0.15, 0.2) is 0 Å². The Kier molecular flexibility index (Phi) is 9.70. The van der Waals surface area contributed by atoms with Gasteiger partial charge >= 0.3 is 0 Å². The van der Waals surface area contributed by atoms with Gasteiger partial charge in [-0.15, -0.1) is 0 Å². The molecule has 0 saturated carbocycles. The standard InChI is InChI=1S/C26H33Cl2N3O5/c1-34-26(33)36-18-31-23-17-20(9-7-19(23)8-10-24(31)32)35-16-3-2-11-29-12-14-30(15-13-29)22-6-4-5-21(27)25(22)28/h4-7,9,17,26,33H,2-3,8,10-16,18H2,1H3. The van der Waals surface area contributed by atoms with Gasteiger partial charge in [0, 0.05) is 45.8 Å². The summed E-state index contributed by atoms with van der Waals surface area (Å²) in [5, 5.41) is 10.7. The monoisotopic (exact) mass is 537 g/mol. The molecule has 0 aromatic heterocycles. The van der Waals surface area contributed by atoms with Gasteiger partial charge in [-0.2, -0.15) is 0 Å². The molecule has 1 amide bonds. The van der Waals surface area contributed by atoms with Crippen molar-refractivity contribution >= 4 is 40.5 Å². The predicted octanol–water partition coefficient (Wildman–Crippen LogP) is 4.15. The Balaban J connectivity index is 1.20. The lowest BCUT2D eigenvalue weighted by molar-refractivity contribution is -0.249. The number of aliphatic hydroxyl groups excluding tert-OH is 1. The van der Waals surface area contributed by atoms with Gasteiger partial charge in [0.05, 0.1) is 28.0 Å². The summed E-state index contributed by atoms with van der Waals surface area (Å²) in [6.07, 6.45) is 3.05. The highest BCUT2D eigenvalue weighted by atomic mass is 35.5. The third-order valence-corrected chi connectivity index (χ3v) is 7.40. The molecule has 36 heavy (non-hydrogen) atoms. The van der Waals surface area contributed by atoms with Crippen LogP contribution in [0.4, 0.5) is 11.4 Å². The maximum Gasteiger partial charge on any atom is 0.270 e. The molecule has 1 saturated heterocycles. The van der Waals surface area contributed by atoms with Crippen molar-refractivity contribution in [3.63, 3.8) is 0 Å². The largest absolute Gasteiger partial charge is 0.494 e. The molecule has 0 aliphatic carbocycles. The van der Waals surface area contributed by atoms with Crippen LogP contribution in [-0.2, 0) is 20.7 Å². The van der Waals surface area contributed by atoms with Crippen LogP contribution in [0.1, 0.15) is 24.8 Å². The van der Waals surface area contributed by atoms with Crippen LogP contribution in [0.5, 0.6) is 5.75 Å². The van der Waals surface area contributed by atoms with Gasteiger partial charge in [0.1, 0.15) is 12.5 Å². The first kappa shape index (κ1) is 27.0. The van der Waals surface area contributed by atoms with Gasteiger partial charge in [-0.3, -0.25) is 14.6 Å². The first-order chi connectivity index (χ1) is 17.5. The molecular weight excluding hydrogens is 505 g/mol. The van der Waals surface area contributed by atoms with E-state index in [1.807, 2.05) is 36.4 Å². The van der Waals surface area contributed by atoms with E-state index in [0.29, 0.717) is 35.2 Å². The minimum atomic E-state index is -1.37. The molecule has 1 unspecified atom stereocenters. The van der Waals surface area contributed by atoms with Crippen LogP contribution in [0.15, 0.2) is 36.4 Å². The Bertz CT molecular complexity index is 1030. The van der Waals surface area contributed by atoms with E-state index in [4.69, 9.17) is 37.4 Å². The second-order valence-electron chi connectivity index (χ2n) is 8.91. The Labute approximate surface area is 222 Å². The van der Waals surface area contributed by atoms with Gasteiger partial charge in [0.2, 0.25) is 5.91 Å². The average molecular weight is 538 g/mol. The molecule has 1 fully saturated rings. The molecule has 2 heterocycles. The van der Waals surface area contributed by atoms with E-state index < -0.39 is 6.48 Å². The highest BCUT2D eigenvalue weighted by Crippen LogP contribution is 2.33. The number of aryl methyl sites for hydroxylation is 1. The zero-order valence-electron chi connectivity index (χ0n) is 20.5. The van der Waals surface area contributed by atoms with Crippen LogP contribution in [0, 0.1) is 0 Å². The molecule has 10 heteroatoms. The number of methoxy groups -OCH3 is 1. The molecule has 196 valence electrons. The van der Waals surface area contributed by atoms with Crippen LogP contribution >= 0.6 is 23.2 Å². The number of anilines is 2. The second-order valence-corrected chi connectivity index (χ2v) is 9.69. The number of hydrogen-bond acceptors (Lipinski definition) is 7. The fourth-order valence-electron chi connectivity index (χ4n) is 4.53. The van der Waals surface area contributed by atoms with Crippen molar-refractivity contribution in [1.82, 2.24) is 4.90 Å². The van der Waals surface area contributed by atoms with Crippen molar-refractivity contribution in [1.29, 1.82) is 0 Å². The number of halogens is 2. The summed E-state index contributed by atoms with van der Waals surface area (Å²) in [7, 11) is 1.33. The van der Waals surface area contributed by atoms with E-state index in [1.54, 1.807) is 0 Å². The van der Waals surface area contributed by atoms with Crippen LogP contribution < -0.4 is 14.5 Å². The van der Waals surface area contributed by atoms with E-state index in [0.717, 1.165) is 62.5 Å². The van der Waals surface area contributed by atoms with Crippen molar-refractivity contribution in [2.24, 2.45) is 0 Å². The molecule has 8 nitrogen and oxygen atoms in total. The van der Waals surface area contributed by atoms with E-state index in [2.05, 4.69) is 9.80 Å². The van der Waals surface area contributed by atoms with Gasteiger partial charge in [-0.25, -0.2) is 0 Å². The van der Waals surface area contributed by atoms with Crippen molar-refractivity contribution < 1.29 is 24.1 Å². The van der Waals surface area contributed by atoms with E-state index in [1.165, 1.54) is 12.0 Å². The Morgan fingerprint density at radius 1 is 1.03 bits per heavy atom. The number of unbranched alkanes of at least 4 members (excludes halogenated alkanes) is 1. The maximum atomic E-state index is 12.4. The fraction of sp³-hybridized carbons (Fsp3) is 0.500. The van der Waals surface area contributed by atoms with Crippen LogP contribution in [0.25, 0.3) is 0 Å². The number of nitrogens with zero attached hydrogens (tertiary/aromatic N) is 3. The smallest absolute Gasteiger partial charge is 0.270 e. The molecule has 1 N–H and O–H groups in total. The van der Waals surface area contributed by atoms with Gasteiger partial charge in [-0.05, 0) is 49.6 Å². The SMILES string of the molecule is COC(O)OCN1C(=O)CCc2ccc(OCCCCN3CCN(c4cccc(Cl)c4Cl)CC3)cc21. The number of amides is 1. The summed E-state index contributed by atoms with van der Waals surface area (Å²) in [4.78, 5) is 18.7. The normalized spacial score (nSPS) is 17.3. The summed E-state index contributed by atoms with van der Waals surface area (Å²) < 4.78 is 15.9. The Morgan fingerprint density at radius 2 is 1.83 bits per heavy atom. The minimum Gasteiger partial charge on any atom is -0.494 e. The van der Waals surface area contributed by atoms with Crippen molar-refractivity contribution in [2.75, 3.05) is 63.0 Å². The van der Waals surface area contributed by atoms with Crippen molar-refractivity contribution in [3.05, 3.63) is 52.0 Å². The zero-order chi connectivity index (χ0) is 25.5.